The molecule has 0 aliphatic heterocycles. The second kappa shape index (κ2) is 5.26. The van der Waals surface area contributed by atoms with Gasteiger partial charge in [-0.1, -0.05) is 24.6 Å². The molecule has 0 saturated heterocycles. The molecule has 5 heteroatoms. The number of hydrogen-bond acceptors (Lipinski definition) is 3. The number of halogens is 1. The highest BCUT2D eigenvalue weighted by Crippen LogP contribution is 2.39. The SMILES string of the molecule is CCC(C)(C)N(C)C(=O)c1sc2cccc(Cl)c2c1N. The van der Waals surface area contributed by atoms with E-state index in [0.717, 1.165) is 16.5 Å². The molecule has 0 unspecified atom stereocenters. The predicted octanol–water partition coefficient (Wildman–Crippen LogP) is 4.40. The Kier molecular flexibility index (Phi) is 3.98. The van der Waals surface area contributed by atoms with Crippen LogP contribution in [0.5, 0.6) is 0 Å². The Labute approximate surface area is 128 Å². The van der Waals surface area contributed by atoms with Crippen molar-refractivity contribution in [2.24, 2.45) is 0 Å². The number of carbonyl (C=O) groups excluding carboxylic acids is 1. The first-order valence-corrected chi connectivity index (χ1v) is 7.73. The quantitative estimate of drug-likeness (QED) is 0.913. The minimum Gasteiger partial charge on any atom is -0.397 e. The summed E-state index contributed by atoms with van der Waals surface area (Å²) in [6, 6.07) is 5.60. The Morgan fingerprint density at radius 1 is 1.45 bits per heavy atom. The predicted molar refractivity (Wildman–Crippen MR) is 87.7 cm³/mol. The fourth-order valence-corrected chi connectivity index (χ4v) is 3.41. The molecule has 3 nitrogen and oxygen atoms in total. The van der Waals surface area contributed by atoms with Crippen LogP contribution < -0.4 is 5.73 Å². The first-order chi connectivity index (χ1) is 9.29. The largest absolute Gasteiger partial charge is 0.397 e. The fourth-order valence-electron chi connectivity index (χ4n) is 1.95. The lowest BCUT2D eigenvalue weighted by Gasteiger charge is -2.34. The van der Waals surface area contributed by atoms with Crippen LogP contribution in [0.15, 0.2) is 18.2 Å². The van der Waals surface area contributed by atoms with Gasteiger partial charge in [0.15, 0.2) is 0 Å². The highest BCUT2D eigenvalue weighted by atomic mass is 35.5. The van der Waals surface area contributed by atoms with Crippen molar-refractivity contribution in [1.29, 1.82) is 0 Å². The molecular formula is C15H19ClN2OS. The van der Waals surface area contributed by atoms with Crippen molar-refractivity contribution < 1.29 is 4.79 Å². The monoisotopic (exact) mass is 310 g/mol. The molecule has 1 amide bonds. The molecule has 0 aliphatic carbocycles. The number of fused-ring (bicyclic) bond motifs is 1. The normalized spacial score (nSPS) is 11.8. The number of hydrogen-bond donors (Lipinski definition) is 1. The van der Waals surface area contributed by atoms with Crippen LogP contribution in [-0.2, 0) is 0 Å². The number of rotatable bonds is 3. The van der Waals surface area contributed by atoms with Crippen LogP contribution in [0.1, 0.15) is 36.9 Å². The molecule has 1 aromatic carbocycles. The van der Waals surface area contributed by atoms with E-state index in [1.807, 2.05) is 33.0 Å². The van der Waals surface area contributed by atoms with E-state index in [9.17, 15) is 4.79 Å². The van der Waals surface area contributed by atoms with E-state index < -0.39 is 0 Å². The summed E-state index contributed by atoms with van der Waals surface area (Å²) in [5, 5.41) is 1.37. The summed E-state index contributed by atoms with van der Waals surface area (Å²) in [4.78, 5) is 15.0. The number of benzene rings is 1. The summed E-state index contributed by atoms with van der Waals surface area (Å²) < 4.78 is 0.945. The van der Waals surface area contributed by atoms with Crippen molar-refractivity contribution in [2.75, 3.05) is 12.8 Å². The van der Waals surface area contributed by atoms with E-state index in [2.05, 4.69) is 6.92 Å². The zero-order valence-electron chi connectivity index (χ0n) is 12.2. The molecule has 1 heterocycles. The van der Waals surface area contributed by atoms with Gasteiger partial charge in [-0.05, 0) is 32.4 Å². The van der Waals surface area contributed by atoms with E-state index in [1.54, 1.807) is 11.0 Å². The number of carbonyl (C=O) groups is 1. The van der Waals surface area contributed by atoms with E-state index >= 15 is 0 Å². The van der Waals surface area contributed by atoms with Gasteiger partial charge in [0.05, 0.1) is 10.7 Å². The number of amides is 1. The van der Waals surface area contributed by atoms with Crippen LogP contribution >= 0.6 is 22.9 Å². The first-order valence-electron chi connectivity index (χ1n) is 6.54. The molecule has 0 radical (unpaired) electrons. The average Bonchev–Trinajstić information content (AvgIpc) is 2.75. The summed E-state index contributed by atoms with van der Waals surface area (Å²) in [5.74, 6) is -0.0494. The highest BCUT2D eigenvalue weighted by molar-refractivity contribution is 7.21. The molecular weight excluding hydrogens is 292 g/mol. The van der Waals surface area contributed by atoms with Gasteiger partial charge in [-0.2, -0.15) is 0 Å². The summed E-state index contributed by atoms with van der Waals surface area (Å²) in [6.45, 7) is 6.15. The topological polar surface area (TPSA) is 46.3 Å². The van der Waals surface area contributed by atoms with Crippen molar-refractivity contribution in [3.05, 3.63) is 28.1 Å². The number of nitrogen functional groups attached to an aromatic ring is 1. The van der Waals surface area contributed by atoms with Crippen LogP contribution in [0.4, 0.5) is 5.69 Å². The standard InChI is InChI=1S/C15H19ClN2OS/c1-5-15(2,3)18(4)14(19)13-12(17)11-9(16)7-6-8-10(11)20-13/h6-8H,5,17H2,1-4H3. The third-order valence-electron chi connectivity index (χ3n) is 3.97. The van der Waals surface area contributed by atoms with Gasteiger partial charge in [-0.25, -0.2) is 0 Å². The van der Waals surface area contributed by atoms with Crippen molar-refractivity contribution >= 4 is 44.6 Å². The van der Waals surface area contributed by atoms with E-state index in [-0.39, 0.29) is 11.4 Å². The maximum absolute atomic E-state index is 12.7. The Morgan fingerprint density at radius 2 is 2.10 bits per heavy atom. The molecule has 0 aliphatic rings. The maximum Gasteiger partial charge on any atom is 0.266 e. The smallest absolute Gasteiger partial charge is 0.266 e. The van der Waals surface area contributed by atoms with E-state index in [0.29, 0.717) is 15.6 Å². The van der Waals surface area contributed by atoms with Crippen LogP contribution in [0.3, 0.4) is 0 Å². The van der Waals surface area contributed by atoms with E-state index in [4.69, 9.17) is 17.3 Å². The fraction of sp³-hybridized carbons (Fsp3) is 0.400. The van der Waals surface area contributed by atoms with Crippen molar-refractivity contribution in [2.45, 2.75) is 32.7 Å². The number of nitrogens with two attached hydrogens (primary N) is 1. The Morgan fingerprint density at radius 3 is 2.65 bits per heavy atom. The molecule has 2 N–H and O–H groups in total. The van der Waals surface area contributed by atoms with Crippen molar-refractivity contribution in [3.8, 4) is 0 Å². The second-order valence-electron chi connectivity index (χ2n) is 5.49. The lowest BCUT2D eigenvalue weighted by molar-refractivity contribution is 0.0626. The lowest BCUT2D eigenvalue weighted by Crippen LogP contribution is -2.44. The van der Waals surface area contributed by atoms with Crippen LogP contribution in [-0.4, -0.2) is 23.4 Å². The number of thiophene rings is 1. The molecule has 20 heavy (non-hydrogen) atoms. The van der Waals surface area contributed by atoms with Gasteiger partial charge in [0.25, 0.3) is 5.91 Å². The average molecular weight is 311 g/mol. The van der Waals surface area contributed by atoms with Gasteiger partial charge >= 0.3 is 0 Å². The molecule has 0 bridgehead atoms. The molecule has 1 aromatic heterocycles. The Balaban J connectivity index is 2.51. The maximum atomic E-state index is 12.7. The van der Waals surface area contributed by atoms with Crippen LogP contribution in [0.2, 0.25) is 5.02 Å². The van der Waals surface area contributed by atoms with Crippen LogP contribution in [0.25, 0.3) is 10.1 Å². The van der Waals surface area contributed by atoms with Crippen molar-refractivity contribution in [3.63, 3.8) is 0 Å². The second-order valence-corrected chi connectivity index (χ2v) is 6.95. The highest BCUT2D eigenvalue weighted by Gasteiger charge is 2.29. The first kappa shape index (κ1) is 15.1. The third kappa shape index (κ3) is 2.38. The summed E-state index contributed by atoms with van der Waals surface area (Å²) in [7, 11) is 1.82. The molecule has 2 rings (SSSR count). The number of nitrogens with zero attached hydrogens (tertiary/aromatic N) is 1. The van der Waals surface area contributed by atoms with Gasteiger partial charge < -0.3 is 10.6 Å². The summed E-state index contributed by atoms with van der Waals surface area (Å²) >= 11 is 7.58. The summed E-state index contributed by atoms with van der Waals surface area (Å²) in [6.07, 6.45) is 0.876. The van der Waals surface area contributed by atoms with E-state index in [1.165, 1.54) is 11.3 Å². The zero-order valence-corrected chi connectivity index (χ0v) is 13.7. The number of anilines is 1. The van der Waals surface area contributed by atoms with Gasteiger partial charge in [-0.15, -0.1) is 11.3 Å². The molecule has 0 atom stereocenters. The molecule has 0 fully saturated rings. The molecule has 108 valence electrons. The minimum absolute atomic E-state index is 0.0494. The minimum atomic E-state index is -0.205. The van der Waals surface area contributed by atoms with Gasteiger partial charge in [-0.3, -0.25) is 4.79 Å². The molecule has 0 saturated carbocycles. The van der Waals surface area contributed by atoms with Gasteiger partial charge in [0.2, 0.25) is 0 Å². The lowest BCUT2D eigenvalue weighted by atomic mass is 9.99. The Bertz CT molecular complexity index is 663. The molecule has 0 spiro atoms. The van der Waals surface area contributed by atoms with Gasteiger partial charge in [0, 0.05) is 22.7 Å². The van der Waals surface area contributed by atoms with Crippen LogP contribution in [0, 0.1) is 0 Å². The van der Waals surface area contributed by atoms with Crippen molar-refractivity contribution in [1.82, 2.24) is 4.90 Å². The third-order valence-corrected chi connectivity index (χ3v) is 5.45. The Hall–Kier alpha value is -1.26. The molecule has 2 aromatic rings. The zero-order chi connectivity index (χ0) is 15.1. The van der Waals surface area contributed by atoms with Gasteiger partial charge in [0.1, 0.15) is 4.88 Å². The summed E-state index contributed by atoms with van der Waals surface area (Å²) in [5.41, 5.74) is 6.42.